The van der Waals surface area contributed by atoms with Crippen LogP contribution in [0.1, 0.15) is 17.9 Å². The Morgan fingerprint density at radius 3 is 2.80 bits per heavy atom. The topological polar surface area (TPSA) is 58.8 Å². The number of aromatic nitrogens is 1. The van der Waals surface area contributed by atoms with Crippen LogP contribution in [0.25, 0.3) is 0 Å². The molecule has 20 heavy (non-hydrogen) atoms. The third-order valence-corrected chi connectivity index (χ3v) is 4.03. The normalized spacial score (nSPS) is 24.2. The third-order valence-electron chi connectivity index (χ3n) is 4.03. The Kier molecular flexibility index (Phi) is 4.03. The van der Waals surface area contributed by atoms with Gasteiger partial charge in [-0.3, -0.25) is 9.69 Å². The maximum Gasteiger partial charge on any atom is 0.228 e. The van der Waals surface area contributed by atoms with Crippen molar-refractivity contribution >= 4 is 5.91 Å². The van der Waals surface area contributed by atoms with Crippen LogP contribution in [-0.4, -0.2) is 60.3 Å². The molecule has 2 aliphatic heterocycles. The number of amides is 1. The number of rotatable bonds is 3. The van der Waals surface area contributed by atoms with Gasteiger partial charge in [-0.2, -0.15) is 0 Å². The fourth-order valence-electron chi connectivity index (χ4n) is 2.84. The Labute approximate surface area is 118 Å². The van der Waals surface area contributed by atoms with Gasteiger partial charge in [0.1, 0.15) is 5.76 Å². The van der Waals surface area contributed by atoms with E-state index in [9.17, 15) is 4.79 Å². The second-order valence-electron chi connectivity index (χ2n) is 5.59. The Hall–Kier alpha value is -1.40. The summed E-state index contributed by atoms with van der Waals surface area (Å²) in [4.78, 5) is 16.6. The van der Waals surface area contributed by atoms with Gasteiger partial charge in [0.2, 0.25) is 5.91 Å². The van der Waals surface area contributed by atoms with Crippen LogP contribution < -0.4 is 0 Å². The summed E-state index contributed by atoms with van der Waals surface area (Å²) < 4.78 is 10.4. The fraction of sp³-hybridized carbons (Fsp3) is 0.714. The zero-order valence-corrected chi connectivity index (χ0v) is 11.9. The van der Waals surface area contributed by atoms with Gasteiger partial charge in [-0.05, 0) is 13.3 Å². The lowest BCUT2D eigenvalue weighted by Gasteiger charge is -2.35. The van der Waals surface area contributed by atoms with E-state index < -0.39 is 0 Å². The van der Waals surface area contributed by atoms with Crippen molar-refractivity contribution in [2.45, 2.75) is 19.9 Å². The maximum absolute atomic E-state index is 12.3. The van der Waals surface area contributed by atoms with Crippen LogP contribution in [0.3, 0.4) is 0 Å². The predicted octanol–water partition coefficient (Wildman–Crippen LogP) is 0.664. The zero-order chi connectivity index (χ0) is 13.9. The Morgan fingerprint density at radius 2 is 2.20 bits per heavy atom. The molecule has 0 aliphatic carbocycles. The fourth-order valence-corrected chi connectivity index (χ4v) is 2.84. The van der Waals surface area contributed by atoms with Crippen molar-refractivity contribution in [3.63, 3.8) is 0 Å². The molecule has 1 aromatic heterocycles. The van der Waals surface area contributed by atoms with Gasteiger partial charge in [0.15, 0.2) is 0 Å². The van der Waals surface area contributed by atoms with E-state index in [2.05, 4.69) is 10.1 Å². The highest BCUT2D eigenvalue weighted by molar-refractivity contribution is 5.79. The van der Waals surface area contributed by atoms with Crippen molar-refractivity contribution in [2.24, 2.45) is 5.92 Å². The van der Waals surface area contributed by atoms with Gasteiger partial charge in [-0.1, -0.05) is 5.16 Å². The van der Waals surface area contributed by atoms with E-state index in [0.29, 0.717) is 6.61 Å². The highest BCUT2D eigenvalue weighted by Crippen LogP contribution is 2.17. The molecule has 0 saturated carbocycles. The van der Waals surface area contributed by atoms with E-state index in [-0.39, 0.29) is 11.8 Å². The van der Waals surface area contributed by atoms with Crippen LogP contribution in [0, 0.1) is 12.8 Å². The molecule has 1 aromatic rings. The van der Waals surface area contributed by atoms with E-state index in [1.54, 1.807) is 0 Å². The lowest BCUT2D eigenvalue weighted by molar-refractivity contribution is -0.137. The smallest absolute Gasteiger partial charge is 0.228 e. The molecule has 2 saturated heterocycles. The monoisotopic (exact) mass is 279 g/mol. The highest BCUT2D eigenvalue weighted by atomic mass is 16.5. The molecular weight excluding hydrogens is 258 g/mol. The van der Waals surface area contributed by atoms with Gasteiger partial charge in [-0.15, -0.1) is 0 Å². The van der Waals surface area contributed by atoms with Crippen molar-refractivity contribution in [1.82, 2.24) is 15.0 Å². The minimum atomic E-state index is 0.0831. The molecule has 2 fully saturated rings. The summed E-state index contributed by atoms with van der Waals surface area (Å²) >= 11 is 0. The predicted molar refractivity (Wildman–Crippen MR) is 72.0 cm³/mol. The number of hydrogen-bond donors (Lipinski definition) is 0. The third kappa shape index (κ3) is 3.02. The summed E-state index contributed by atoms with van der Waals surface area (Å²) in [5.74, 6) is 1.19. The minimum Gasteiger partial charge on any atom is -0.381 e. The summed E-state index contributed by atoms with van der Waals surface area (Å²) in [6.45, 7) is 7.40. The molecule has 0 bridgehead atoms. The quantitative estimate of drug-likeness (QED) is 0.813. The number of nitrogens with zero attached hydrogens (tertiary/aromatic N) is 3. The van der Waals surface area contributed by atoms with Crippen molar-refractivity contribution in [3.8, 4) is 0 Å². The molecule has 1 amide bonds. The Balaban J connectivity index is 1.48. The van der Waals surface area contributed by atoms with Gasteiger partial charge < -0.3 is 14.2 Å². The van der Waals surface area contributed by atoms with Crippen LogP contribution in [0.5, 0.6) is 0 Å². The molecule has 0 spiro atoms. The number of piperazine rings is 1. The average Bonchev–Trinajstić information content (AvgIpc) is 3.11. The van der Waals surface area contributed by atoms with Crippen molar-refractivity contribution in [1.29, 1.82) is 0 Å². The number of ether oxygens (including phenoxy) is 1. The van der Waals surface area contributed by atoms with Gasteiger partial charge in [0, 0.05) is 45.4 Å². The first-order valence-electron chi connectivity index (χ1n) is 7.23. The number of aryl methyl sites for hydroxylation is 1. The highest BCUT2D eigenvalue weighted by Gasteiger charge is 2.30. The molecule has 6 heteroatoms. The molecule has 0 N–H and O–H groups in total. The Bertz CT molecular complexity index is 460. The second kappa shape index (κ2) is 5.93. The van der Waals surface area contributed by atoms with Crippen LogP contribution in [-0.2, 0) is 16.1 Å². The van der Waals surface area contributed by atoms with Gasteiger partial charge in [0.25, 0.3) is 0 Å². The molecule has 1 atom stereocenters. The van der Waals surface area contributed by atoms with Gasteiger partial charge in [0.05, 0.1) is 18.2 Å². The minimum absolute atomic E-state index is 0.0831. The summed E-state index contributed by atoms with van der Waals surface area (Å²) in [6, 6.07) is 1.97. The largest absolute Gasteiger partial charge is 0.381 e. The summed E-state index contributed by atoms with van der Waals surface area (Å²) in [5, 5.41) is 4.01. The van der Waals surface area contributed by atoms with Crippen LogP contribution in [0.4, 0.5) is 0 Å². The molecule has 3 rings (SSSR count). The molecule has 0 radical (unpaired) electrons. The average molecular weight is 279 g/mol. The van der Waals surface area contributed by atoms with Gasteiger partial charge in [-0.25, -0.2) is 0 Å². The van der Waals surface area contributed by atoms with Crippen LogP contribution >= 0.6 is 0 Å². The first-order valence-corrected chi connectivity index (χ1v) is 7.23. The molecule has 1 unspecified atom stereocenters. The van der Waals surface area contributed by atoms with Crippen molar-refractivity contribution in [2.75, 3.05) is 39.4 Å². The van der Waals surface area contributed by atoms with Gasteiger partial charge >= 0.3 is 0 Å². The molecule has 0 aromatic carbocycles. The number of carbonyl (C=O) groups excluding carboxylic acids is 1. The number of carbonyl (C=O) groups is 1. The molecular formula is C14H21N3O3. The second-order valence-corrected chi connectivity index (χ2v) is 5.59. The molecule has 6 nitrogen and oxygen atoms in total. The van der Waals surface area contributed by atoms with Crippen LogP contribution in [0.15, 0.2) is 10.6 Å². The van der Waals surface area contributed by atoms with E-state index in [1.165, 1.54) is 0 Å². The first kappa shape index (κ1) is 13.6. The van der Waals surface area contributed by atoms with E-state index in [0.717, 1.165) is 57.2 Å². The number of hydrogen-bond acceptors (Lipinski definition) is 5. The van der Waals surface area contributed by atoms with E-state index in [1.807, 2.05) is 17.9 Å². The van der Waals surface area contributed by atoms with E-state index in [4.69, 9.17) is 9.26 Å². The SMILES string of the molecule is Cc1cc(CN2CCN(C(=O)C3CCOC3)CC2)no1. The lowest BCUT2D eigenvalue weighted by atomic mass is 10.1. The van der Waals surface area contributed by atoms with Crippen LogP contribution in [0.2, 0.25) is 0 Å². The standard InChI is InChI=1S/C14H21N3O3/c1-11-8-13(15-20-11)9-16-3-5-17(6-4-16)14(18)12-2-7-19-10-12/h8,12H,2-7,9-10H2,1H3. The summed E-state index contributed by atoms with van der Waals surface area (Å²) in [5.41, 5.74) is 0.964. The zero-order valence-electron chi connectivity index (χ0n) is 11.9. The van der Waals surface area contributed by atoms with Crippen molar-refractivity contribution < 1.29 is 14.1 Å². The lowest BCUT2D eigenvalue weighted by Crippen LogP contribution is -2.50. The molecule has 110 valence electrons. The van der Waals surface area contributed by atoms with E-state index >= 15 is 0 Å². The Morgan fingerprint density at radius 1 is 1.40 bits per heavy atom. The first-order chi connectivity index (χ1) is 9.72. The maximum atomic E-state index is 12.3. The molecule has 2 aliphatic rings. The summed E-state index contributed by atoms with van der Waals surface area (Å²) in [6.07, 6.45) is 0.872. The molecule has 3 heterocycles. The summed E-state index contributed by atoms with van der Waals surface area (Å²) in [7, 11) is 0. The van der Waals surface area contributed by atoms with Crippen molar-refractivity contribution in [3.05, 3.63) is 17.5 Å².